The SMILES string of the molecule is CC(NN)c1cccc(Br)c1Cl. The van der Waals surface area contributed by atoms with Gasteiger partial charge in [-0.2, -0.15) is 0 Å². The van der Waals surface area contributed by atoms with Crippen LogP contribution < -0.4 is 11.3 Å². The molecule has 1 aromatic carbocycles. The van der Waals surface area contributed by atoms with Gasteiger partial charge in [-0.15, -0.1) is 0 Å². The van der Waals surface area contributed by atoms with Crippen molar-refractivity contribution in [2.24, 2.45) is 5.84 Å². The largest absolute Gasteiger partial charge is 0.271 e. The summed E-state index contributed by atoms with van der Waals surface area (Å²) in [7, 11) is 0. The topological polar surface area (TPSA) is 38.0 Å². The van der Waals surface area contributed by atoms with Gasteiger partial charge in [0.25, 0.3) is 0 Å². The maximum atomic E-state index is 6.02. The van der Waals surface area contributed by atoms with E-state index in [1.807, 2.05) is 25.1 Å². The zero-order chi connectivity index (χ0) is 9.14. The van der Waals surface area contributed by atoms with Gasteiger partial charge in [-0.05, 0) is 34.5 Å². The quantitative estimate of drug-likeness (QED) is 0.625. The number of hydrazine groups is 1. The Balaban J connectivity index is 3.07. The van der Waals surface area contributed by atoms with E-state index in [1.54, 1.807) is 0 Å². The van der Waals surface area contributed by atoms with Crippen LogP contribution >= 0.6 is 27.5 Å². The fraction of sp³-hybridized carbons (Fsp3) is 0.250. The molecule has 0 spiro atoms. The van der Waals surface area contributed by atoms with Gasteiger partial charge < -0.3 is 0 Å². The molecule has 0 aromatic heterocycles. The van der Waals surface area contributed by atoms with E-state index in [2.05, 4.69) is 21.4 Å². The summed E-state index contributed by atoms with van der Waals surface area (Å²) < 4.78 is 0.892. The predicted molar refractivity (Wildman–Crippen MR) is 54.9 cm³/mol. The van der Waals surface area contributed by atoms with Gasteiger partial charge in [-0.1, -0.05) is 23.7 Å². The molecule has 0 amide bonds. The van der Waals surface area contributed by atoms with Crippen molar-refractivity contribution < 1.29 is 0 Å². The van der Waals surface area contributed by atoms with Crippen LogP contribution in [-0.2, 0) is 0 Å². The zero-order valence-electron chi connectivity index (χ0n) is 6.64. The van der Waals surface area contributed by atoms with E-state index >= 15 is 0 Å². The Morgan fingerprint density at radius 1 is 1.58 bits per heavy atom. The fourth-order valence-electron chi connectivity index (χ4n) is 0.945. The lowest BCUT2D eigenvalue weighted by Crippen LogP contribution is -2.25. The Hall–Kier alpha value is -0.0900. The summed E-state index contributed by atoms with van der Waals surface area (Å²) in [6.45, 7) is 1.95. The minimum Gasteiger partial charge on any atom is -0.271 e. The smallest absolute Gasteiger partial charge is 0.0596 e. The molecule has 0 aliphatic heterocycles. The summed E-state index contributed by atoms with van der Waals surface area (Å²) in [5.41, 5.74) is 3.64. The summed E-state index contributed by atoms with van der Waals surface area (Å²) >= 11 is 9.37. The summed E-state index contributed by atoms with van der Waals surface area (Å²) in [5.74, 6) is 5.30. The standard InChI is InChI=1S/C8H10BrClN2/c1-5(12-11)6-3-2-4-7(9)8(6)10/h2-5,12H,11H2,1H3. The molecule has 0 saturated heterocycles. The average molecular weight is 250 g/mol. The molecule has 0 aliphatic rings. The number of hydrogen-bond acceptors (Lipinski definition) is 2. The lowest BCUT2D eigenvalue weighted by molar-refractivity contribution is 0.602. The highest BCUT2D eigenvalue weighted by atomic mass is 79.9. The van der Waals surface area contributed by atoms with Crippen LogP contribution in [0.15, 0.2) is 22.7 Å². The van der Waals surface area contributed by atoms with Crippen LogP contribution in [0, 0.1) is 0 Å². The first-order chi connectivity index (χ1) is 5.66. The predicted octanol–water partition coefficient (Wildman–Crippen LogP) is 2.63. The molecule has 0 fully saturated rings. The van der Waals surface area contributed by atoms with Gasteiger partial charge >= 0.3 is 0 Å². The minimum atomic E-state index is 0.0648. The fourth-order valence-corrected chi connectivity index (χ4v) is 1.62. The van der Waals surface area contributed by atoms with Gasteiger partial charge in [0.2, 0.25) is 0 Å². The molecule has 0 radical (unpaired) electrons. The number of rotatable bonds is 2. The first-order valence-corrected chi connectivity index (χ1v) is 4.74. The molecular weight excluding hydrogens is 239 g/mol. The molecule has 4 heteroatoms. The maximum absolute atomic E-state index is 6.02. The van der Waals surface area contributed by atoms with Crippen LogP contribution in [0.25, 0.3) is 0 Å². The molecule has 1 unspecified atom stereocenters. The van der Waals surface area contributed by atoms with Gasteiger partial charge in [0.15, 0.2) is 0 Å². The Kier molecular flexibility index (Phi) is 3.53. The molecule has 2 nitrogen and oxygen atoms in total. The molecule has 1 rings (SSSR count). The molecule has 12 heavy (non-hydrogen) atoms. The van der Waals surface area contributed by atoms with E-state index in [0.717, 1.165) is 10.0 Å². The molecular formula is C8H10BrClN2. The van der Waals surface area contributed by atoms with Crippen LogP contribution in [0.1, 0.15) is 18.5 Å². The Morgan fingerprint density at radius 2 is 2.25 bits per heavy atom. The number of hydrogen-bond donors (Lipinski definition) is 2. The highest BCUT2D eigenvalue weighted by Crippen LogP contribution is 2.29. The average Bonchev–Trinajstić information content (AvgIpc) is 2.08. The third-order valence-corrected chi connectivity index (χ3v) is 3.01. The zero-order valence-corrected chi connectivity index (χ0v) is 8.98. The highest BCUT2D eigenvalue weighted by molar-refractivity contribution is 9.10. The maximum Gasteiger partial charge on any atom is 0.0596 e. The normalized spacial score (nSPS) is 13.0. The van der Waals surface area contributed by atoms with Gasteiger partial charge in [0.1, 0.15) is 0 Å². The first-order valence-electron chi connectivity index (χ1n) is 3.57. The molecule has 1 aromatic rings. The van der Waals surface area contributed by atoms with Crippen LogP contribution in [0.5, 0.6) is 0 Å². The van der Waals surface area contributed by atoms with E-state index in [4.69, 9.17) is 17.4 Å². The van der Waals surface area contributed by atoms with Gasteiger partial charge in [0, 0.05) is 10.5 Å². The van der Waals surface area contributed by atoms with E-state index in [1.165, 1.54) is 0 Å². The van der Waals surface area contributed by atoms with Gasteiger partial charge in [-0.25, -0.2) is 0 Å². The third kappa shape index (κ3) is 1.98. The molecule has 1 atom stereocenters. The van der Waals surface area contributed by atoms with Crippen molar-refractivity contribution in [2.45, 2.75) is 13.0 Å². The Morgan fingerprint density at radius 3 is 2.83 bits per heavy atom. The van der Waals surface area contributed by atoms with Crippen molar-refractivity contribution in [1.29, 1.82) is 0 Å². The number of nitrogens with one attached hydrogen (secondary N) is 1. The number of benzene rings is 1. The summed E-state index contributed by atoms with van der Waals surface area (Å²) in [4.78, 5) is 0. The minimum absolute atomic E-state index is 0.0648. The van der Waals surface area contributed by atoms with Crippen molar-refractivity contribution >= 4 is 27.5 Å². The van der Waals surface area contributed by atoms with Gasteiger partial charge in [0.05, 0.1) is 5.02 Å². The van der Waals surface area contributed by atoms with E-state index in [-0.39, 0.29) is 6.04 Å². The van der Waals surface area contributed by atoms with Crippen molar-refractivity contribution in [3.63, 3.8) is 0 Å². The van der Waals surface area contributed by atoms with Crippen LogP contribution in [-0.4, -0.2) is 0 Å². The molecule has 0 saturated carbocycles. The molecule has 0 heterocycles. The second kappa shape index (κ2) is 4.23. The lowest BCUT2D eigenvalue weighted by atomic mass is 10.1. The summed E-state index contributed by atoms with van der Waals surface area (Å²) in [5, 5.41) is 0.711. The van der Waals surface area contributed by atoms with Crippen molar-refractivity contribution in [2.75, 3.05) is 0 Å². The van der Waals surface area contributed by atoms with Crippen LogP contribution in [0.2, 0.25) is 5.02 Å². The Labute approximate surface area is 85.2 Å². The number of nitrogens with two attached hydrogens (primary N) is 1. The number of halogens is 2. The first kappa shape index (κ1) is 9.99. The Bertz CT molecular complexity index is 278. The van der Waals surface area contributed by atoms with Crippen LogP contribution in [0.4, 0.5) is 0 Å². The van der Waals surface area contributed by atoms with E-state index in [9.17, 15) is 0 Å². The monoisotopic (exact) mass is 248 g/mol. The molecule has 66 valence electrons. The molecule has 3 N–H and O–H groups in total. The van der Waals surface area contributed by atoms with Crippen LogP contribution in [0.3, 0.4) is 0 Å². The highest BCUT2D eigenvalue weighted by Gasteiger charge is 2.08. The third-order valence-electron chi connectivity index (χ3n) is 1.70. The lowest BCUT2D eigenvalue weighted by Gasteiger charge is -2.12. The summed E-state index contributed by atoms with van der Waals surface area (Å²) in [6.07, 6.45) is 0. The summed E-state index contributed by atoms with van der Waals surface area (Å²) in [6, 6.07) is 5.83. The van der Waals surface area contributed by atoms with Gasteiger partial charge in [-0.3, -0.25) is 11.3 Å². The molecule has 0 aliphatic carbocycles. The van der Waals surface area contributed by atoms with Crippen molar-refractivity contribution in [1.82, 2.24) is 5.43 Å². The van der Waals surface area contributed by atoms with Crippen molar-refractivity contribution in [3.8, 4) is 0 Å². The van der Waals surface area contributed by atoms with Crippen molar-refractivity contribution in [3.05, 3.63) is 33.3 Å². The second-order valence-electron chi connectivity index (χ2n) is 2.53. The van der Waals surface area contributed by atoms with E-state index < -0.39 is 0 Å². The molecule has 0 bridgehead atoms. The second-order valence-corrected chi connectivity index (χ2v) is 3.76. The van der Waals surface area contributed by atoms with E-state index in [0.29, 0.717) is 5.02 Å².